The summed E-state index contributed by atoms with van der Waals surface area (Å²) in [5.74, 6) is 0. The molecule has 2 amide bonds. The van der Waals surface area contributed by atoms with Gasteiger partial charge in [0.05, 0.1) is 6.07 Å². The van der Waals surface area contributed by atoms with E-state index in [1.54, 1.807) is 6.07 Å². The summed E-state index contributed by atoms with van der Waals surface area (Å²) < 4.78 is 0. The topological polar surface area (TPSA) is 64.9 Å². The van der Waals surface area contributed by atoms with Crippen LogP contribution in [0.25, 0.3) is 0 Å². The molecule has 1 aromatic rings. The summed E-state index contributed by atoms with van der Waals surface area (Å²) >= 11 is 5.89. The van der Waals surface area contributed by atoms with Crippen molar-refractivity contribution in [1.82, 2.24) is 10.6 Å². The minimum atomic E-state index is -0.378. The maximum absolute atomic E-state index is 11.1. The van der Waals surface area contributed by atoms with Gasteiger partial charge in [-0.15, -0.1) is 0 Å². The first-order valence-corrected chi connectivity index (χ1v) is 4.74. The number of hydrogen-bond acceptors (Lipinski definition) is 2. The first-order valence-electron chi connectivity index (χ1n) is 4.36. The second-order valence-electron chi connectivity index (χ2n) is 2.79. The largest absolute Gasteiger partial charge is 0.334 e. The fourth-order valence-electron chi connectivity index (χ4n) is 1.000. The van der Waals surface area contributed by atoms with Crippen LogP contribution in [-0.4, -0.2) is 12.6 Å². The number of nitrogens with one attached hydrogen (secondary N) is 2. The predicted octanol–water partition coefficient (Wildman–Crippen LogP) is 1.66. The molecule has 0 heterocycles. The van der Waals surface area contributed by atoms with Crippen LogP contribution >= 0.6 is 11.6 Å². The Morgan fingerprint density at radius 3 is 2.80 bits per heavy atom. The molecule has 0 spiro atoms. The highest BCUT2D eigenvalue weighted by Gasteiger charge is 2.01. The van der Waals surface area contributed by atoms with Gasteiger partial charge in [-0.3, -0.25) is 0 Å². The van der Waals surface area contributed by atoms with Crippen LogP contribution in [0.5, 0.6) is 0 Å². The molecule has 0 aliphatic rings. The number of halogens is 1. The number of carbonyl (C=O) groups excluding carboxylic acids is 1. The Morgan fingerprint density at radius 1 is 1.40 bits per heavy atom. The minimum absolute atomic E-state index is 0.00560. The molecule has 1 rings (SSSR count). The van der Waals surface area contributed by atoms with Crippen molar-refractivity contribution in [1.29, 1.82) is 5.26 Å². The van der Waals surface area contributed by atoms with Crippen LogP contribution in [0.1, 0.15) is 5.56 Å². The number of rotatable bonds is 3. The number of nitriles is 1. The van der Waals surface area contributed by atoms with Crippen molar-refractivity contribution in [3.8, 4) is 6.07 Å². The summed E-state index contributed by atoms with van der Waals surface area (Å²) in [6, 6.07) is 8.68. The molecule has 0 bridgehead atoms. The minimum Gasteiger partial charge on any atom is -0.334 e. The summed E-state index contributed by atoms with van der Waals surface area (Å²) in [6.07, 6.45) is 0. The Kier molecular flexibility index (Phi) is 4.45. The van der Waals surface area contributed by atoms with Gasteiger partial charge in [-0.2, -0.15) is 5.26 Å². The van der Waals surface area contributed by atoms with Crippen molar-refractivity contribution >= 4 is 17.6 Å². The third-order valence-corrected chi connectivity index (χ3v) is 2.09. The normalized spacial score (nSPS) is 9.07. The fourth-order valence-corrected chi connectivity index (χ4v) is 1.20. The van der Waals surface area contributed by atoms with Crippen LogP contribution in [0.4, 0.5) is 4.79 Å². The number of amides is 2. The lowest BCUT2D eigenvalue weighted by Gasteiger charge is -2.06. The van der Waals surface area contributed by atoms with E-state index in [2.05, 4.69) is 10.6 Å². The molecule has 1 aromatic carbocycles. The van der Waals surface area contributed by atoms with Gasteiger partial charge in [0, 0.05) is 11.6 Å². The Labute approximate surface area is 92.8 Å². The van der Waals surface area contributed by atoms with E-state index in [9.17, 15) is 4.79 Å². The maximum atomic E-state index is 11.1. The standard InChI is InChI=1S/C10H10ClN3O/c11-9-4-2-1-3-8(9)7-14-10(15)13-6-5-12/h1-4H,6-7H2,(H2,13,14,15). The van der Waals surface area contributed by atoms with E-state index in [1.807, 2.05) is 24.3 Å². The maximum Gasteiger partial charge on any atom is 0.315 e. The lowest BCUT2D eigenvalue weighted by atomic mass is 10.2. The molecular weight excluding hydrogens is 214 g/mol. The highest BCUT2D eigenvalue weighted by Crippen LogP contribution is 2.13. The highest BCUT2D eigenvalue weighted by atomic mass is 35.5. The zero-order valence-corrected chi connectivity index (χ0v) is 8.71. The number of nitrogens with zero attached hydrogens (tertiary/aromatic N) is 1. The molecule has 2 N–H and O–H groups in total. The smallest absolute Gasteiger partial charge is 0.315 e. The van der Waals surface area contributed by atoms with Gasteiger partial charge in [0.25, 0.3) is 0 Å². The van der Waals surface area contributed by atoms with E-state index >= 15 is 0 Å². The molecule has 0 aromatic heterocycles. The third-order valence-electron chi connectivity index (χ3n) is 1.73. The summed E-state index contributed by atoms with van der Waals surface area (Å²) in [5.41, 5.74) is 0.839. The number of hydrogen-bond donors (Lipinski definition) is 2. The predicted molar refractivity (Wildman–Crippen MR) is 57.3 cm³/mol. The summed E-state index contributed by atoms with van der Waals surface area (Å²) in [7, 11) is 0. The molecule has 4 nitrogen and oxygen atoms in total. The molecule has 15 heavy (non-hydrogen) atoms. The number of benzene rings is 1. The van der Waals surface area contributed by atoms with Crippen molar-refractivity contribution in [2.24, 2.45) is 0 Å². The Balaban J connectivity index is 2.41. The van der Waals surface area contributed by atoms with Gasteiger partial charge >= 0.3 is 6.03 Å². The monoisotopic (exact) mass is 223 g/mol. The first kappa shape index (κ1) is 11.3. The van der Waals surface area contributed by atoms with E-state index < -0.39 is 0 Å². The molecular formula is C10H10ClN3O. The summed E-state index contributed by atoms with van der Waals surface area (Å²) in [5, 5.41) is 13.8. The average Bonchev–Trinajstić information content (AvgIpc) is 2.25. The van der Waals surface area contributed by atoms with Gasteiger partial charge < -0.3 is 10.6 Å². The molecule has 0 fully saturated rings. The molecule has 5 heteroatoms. The summed E-state index contributed by atoms with van der Waals surface area (Å²) in [6.45, 7) is 0.339. The quantitative estimate of drug-likeness (QED) is 0.766. The van der Waals surface area contributed by atoms with E-state index in [1.165, 1.54) is 0 Å². The van der Waals surface area contributed by atoms with Crippen LogP contribution in [0, 0.1) is 11.3 Å². The highest BCUT2D eigenvalue weighted by molar-refractivity contribution is 6.31. The van der Waals surface area contributed by atoms with Crippen LogP contribution in [0.2, 0.25) is 5.02 Å². The van der Waals surface area contributed by atoms with Crippen LogP contribution < -0.4 is 10.6 Å². The van der Waals surface area contributed by atoms with Gasteiger partial charge in [0.15, 0.2) is 0 Å². The van der Waals surface area contributed by atoms with Crippen molar-refractivity contribution in [2.45, 2.75) is 6.54 Å². The molecule has 0 atom stereocenters. The summed E-state index contributed by atoms with van der Waals surface area (Å²) in [4.78, 5) is 11.1. The zero-order valence-electron chi connectivity index (χ0n) is 7.96. The van der Waals surface area contributed by atoms with Crippen LogP contribution in [-0.2, 0) is 6.54 Å². The van der Waals surface area contributed by atoms with Gasteiger partial charge in [-0.1, -0.05) is 29.8 Å². The van der Waals surface area contributed by atoms with E-state index in [0.29, 0.717) is 11.6 Å². The van der Waals surface area contributed by atoms with Crippen molar-refractivity contribution < 1.29 is 4.79 Å². The van der Waals surface area contributed by atoms with Crippen molar-refractivity contribution in [3.63, 3.8) is 0 Å². The molecule has 0 saturated heterocycles. The average molecular weight is 224 g/mol. The lowest BCUT2D eigenvalue weighted by molar-refractivity contribution is 0.241. The second-order valence-corrected chi connectivity index (χ2v) is 3.19. The fraction of sp³-hybridized carbons (Fsp3) is 0.200. The van der Waals surface area contributed by atoms with Gasteiger partial charge in [0.1, 0.15) is 6.54 Å². The molecule has 78 valence electrons. The van der Waals surface area contributed by atoms with Crippen molar-refractivity contribution in [2.75, 3.05) is 6.54 Å². The Bertz CT molecular complexity index is 386. The SMILES string of the molecule is N#CCNC(=O)NCc1ccccc1Cl. The van der Waals surface area contributed by atoms with Crippen LogP contribution in [0.3, 0.4) is 0 Å². The van der Waals surface area contributed by atoms with Gasteiger partial charge in [0.2, 0.25) is 0 Å². The molecule has 0 unspecified atom stereocenters. The van der Waals surface area contributed by atoms with Crippen LogP contribution in [0.15, 0.2) is 24.3 Å². The van der Waals surface area contributed by atoms with Gasteiger partial charge in [-0.25, -0.2) is 4.79 Å². The van der Waals surface area contributed by atoms with E-state index in [4.69, 9.17) is 16.9 Å². The second kappa shape index (κ2) is 5.89. The first-order chi connectivity index (χ1) is 7.24. The molecule has 0 saturated carbocycles. The molecule has 0 aliphatic heterocycles. The Hall–Kier alpha value is -1.73. The van der Waals surface area contributed by atoms with Crippen molar-refractivity contribution in [3.05, 3.63) is 34.9 Å². The van der Waals surface area contributed by atoms with Gasteiger partial charge in [-0.05, 0) is 11.6 Å². The van der Waals surface area contributed by atoms with E-state index in [0.717, 1.165) is 5.56 Å². The third kappa shape index (κ3) is 3.88. The Morgan fingerprint density at radius 2 is 2.13 bits per heavy atom. The van der Waals surface area contributed by atoms with E-state index in [-0.39, 0.29) is 12.6 Å². The number of urea groups is 1. The molecule has 0 radical (unpaired) electrons. The number of carbonyl (C=O) groups is 1. The lowest BCUT2D eigenvalue weighted by Crippen LogP contribution is -2.35. The molecule has 0 aliphatic carbocycles. The zero-order chi connectivity index (χ0) is 11.1.